The van der Waals surface area contributed by atoms with Gasteiger partial charge >= 0.3 is 23.9 Å². The zero-order chi connectivity index (χ0) is 80.2. The van der Waals surface area contributed by atoms with Crippen molar-refractivity contribution in [2.75, 3.05) is 75.0 Å². The van der Waals surface area contributed by atoms with E-state index in [9.17, 15) is 63.6 Å². The monoisotopic (exact) mass is 1530 g/mol. The molecule has 0 aromatic heterocycles. The number of aliphatic hydroxyl groups excluding tert-OH is 2. The number of alkyl carbamates (subject to hydrolysis) is 1. The van der Waals surface area contributed by atoms with E-state index in [1.165, 1.54) is 71.4 Å². The number of fused-ring (bicyclic) bond motifs is 2. The number of allylic oxidation sites excluding steroid dienone is 2. The molecule has 1 fully saturated rings. The van der Waals surface area contributed by atoms with Crippen LogP contribution >= 0.6 is 0 Å². The van der Waals surface area contributed by atoms with Gasteiger partial charge in [0.05, 0.1) is 35.5 Å². The first kappa shape index (κ1) is 83.1. The highest BCUT2D eigenvalue weighted by Gasteiger charge is 2.50. The molecular weight excluding hydrogens is 1430 g/mol. The second-order valence-corrected chi connectivity index (χ2v) is 28.8. The Morgan fingerprint density at radius 2 is 1.52 bits per heavy atom. The molecule has 32 heteroatoms. The maximum absolute atomic E-state index is 15.1. The van der Waals surface area contributed by atoms with Crippen LogP contribution in [0.2, 0.25) is 0 Å². The van der Waals surface area contributed by atoms with E-state index in [2.05, 4.69) is 36.8 Å². The summed E-state index contributed by atoms with van der Waals surface area (Å²) in [6, 6.07) is 6.72. The van der Waals surface area contributed by atoms with Crippen LogP contribution < -0.4 is 52.7 Å². The number of esters is 1. The minimum absolute atomic E-state index is 0.0285. The van der Waals surface area contributed by atoms with E-state index >= 15 is 9.59 Å². The number of benzene rings is 4. The second-order valence-electron chi connectivity index (χ2n) is 28.8. The molecule has 12 N–H and O–H groups in total. The topological polar surface area (TPSA) is 449 Å². The Bertz CT molecular complexity index is 4450. The van der Waals surface area contributed by atoms with Crippen LogP contribution in [-0.2, 0) is 59.1 Å². The van der Waals surface area contributed by atoms with E-state index in [-0.39, 0.29) is 119 Å². The van der Waals surface area contributed by atoms with Gasteiger partial charge in [0, 0.05) is 156 Å². The van der Waals surface area contributed by atoms with Gasteiger partial charge in [-0.2, -0.15) is 0 Å². The van der Waals surface area contributed by atoms with Crippen molar-refractivity contribution in [2.45, 2.75) is 157 Å². The van der Waals surface area contributed by atoms with Gasteiger partial charge in [-0.15, -0.1) is 0 Å². The third kappa shape index (κ3) is 19.5. The summed E-state index contributed by atoms with van der Waals surface area (Å²) in [7, 11) is 1.41. The quantitative estimate of drug-likeness (QED) is 0.0108. The molecule has 5 aliphatic heterocycles. The fraction of sp³-hybridized carbons (Fsp3) is 0.487. The lowest BCUT2D eigenvalue weighted by Gasteiger charge is -2.38. The number of carbonyl (C=O) groups is 10. The number of piperazine rings is 1. The van der Waals surface area contributed by atoms with Crippen molar-refractivity contribution in [2.24, 2.45) is 35.3 Å². The number of carbonyl (C=O) groups excluding carboxylic acids is 10. The summed E-state index contributed by atoms with van der Waals surface area (Å²) < 4.78 is 36.1. The average molecular weight is 1530 g/mol. The van der Waals surface area contributed by atoms with Crippen LogP contribution in [0.15, 0.2) is 93.9 Å². The van der Waals surface area contributed by atoms with Gasteiger partial charge in [-0.1, -0.05) is 78.3 Å². The van der Waals surface area contributed by atoms with Crippen LogP contribution in [0.25, 0.3) is 33.3 Å². The van der Waals surface area contributed by atoms with Crippen LogP contribution in [0.5, 0.6) is 17.2 Å². The fourth-order valence-corrected chi connectivity index (χ4v) is 13.9. The number of urea groups is 1. The molecule has 5 heterocycles. The minimum Gasteiger partial charge on any atom is -0.507 e. The van der Waals surface area contributed by atoms with E-state index in [1.54, 1.807) is 84.0 Å². The summed E-state index contributed by atoms with van der Waals surface area (Å²) in [5.41, 5.74) is 4.75. The van der Waals surface area contributed by atoms with Crippen LogP contribution in [0.4, 0.5) is 26.7 Å². The molecule has 0 saturated carbocycles. The number of phenols is 2. The summed E-state index contributed by atoms with van der Waals surface area (Å²) in [4.78, 5) is 156. The van der Waals surface area contributed by atoms with Crippen LogP contribution in [0.3, 0.4) is 0 Å². The Kier molecular flexibility index (Phi) is 27.6. The molecule has 11 atom stereocenters. The number of unbranched alkanes of at least 4 members (excludes halogenated alkanes) is 2. The number of ketones is 1. The number of aromatic hydroxyl groups is 2. The molecule has 110 heavy (non-hydrogen) atoms. The van der Waals surface area contributed by atoms with E-state index in [0.717, 1.165) is 4.90 Å². The molecule has 1 aliphatic carbocycles. The molecular formula is C78H99N11O21. The molecule has 9 rings (SSSR count). The van der Waals surface area contributed by atoms with Gasteiger partial charge in [0.15, 0.2) is 11.3 Å². The maximum Gasteiger partial charge on any atom is 0.407 e. The number of nitrogens with two attached hydrogens (primary N) is 1. The minimum atomic E-state index is -2.16. The van der Waals surface area contributed by atoms with Gasteiger partial charge in [-0.05, 0) is 69.2 Å². The summed E-state index contributed by atoms with van der Waals surface area (Å²) >= 11 is 0. The number of nitrogens with zero attached hydrogens (tertiary/aromatic N) is 4. The Morgan fingerprint density at radius 1 is 0.818 bits per heavy atom. The third-order valence-electron chi connectivity index (χ3n) is 20.5. The number of aliphatic hydroxyl groups is 2. The normalized spacial score (nSPS) is 23.6. The van der Waals surface area contributed by atoms with Gasteiger partial charge in [0.2, 0.25) is 23.2 Å². The molecule has 0 radical (unpaired) electrons. The smallest absolute Gasteiger partial charge is 0.407 e. The van der Waals surface area contributed by atoms with Crippen molar-refractivity contribution in [1.82, 2.24) is 36.1 Å². The summed E-state index contributed by atoms with van der Waals surface area (Å²) in [6.07, 6.45) is 6.77. The number of methoxy groups -OCH3 is 1. The predicted octanol–water partition coefficient (Wildman–Crippen LogP) is 6.20. The molecule has 3 aromatic rings. The number of nitrogens with one attached hydrogen (secondary N) is 6. The highest BCUT2D eigenvalue weighted by molar-refractivity contribution is 6.22. The average Bonchev–Trinajstić information content (AvgIpc) is 1.44. The first-order valence-corrected chi connectivity index (χ1v) is 36.8. The van der Waals surface area contributed by atoms with Crippen LogP contribution in [-0.4, -0.2) is 196 Å². The number of hydrogen-bond donors (Lipinski definition) is 11. The van der Waals surface area contributed by atoms with Crippen molar-refractivity contribution in [3.63, 3.8) is 0 Å². The van der Waals surface area contributed by atoms with E-state index in [1.807, 2.05) is 4.90 Å². The van der Waals surface area contributed by atoms with Gasteiger partial charge < -0.3 is 91.1 Å². The molecule has 9 amide bonds. The first-order chi connectivity index (χ1) is 52.2. The number of anilines is 3. The van der Waals surface area contributed by atoms with Crippen LogP contribution in [0, 0.1) is 36.5 Å². The number of primary amides is 1. The Hall–Kier alpha value is -11.0. The molecule has 4 bridgehead atoms. The molecule has 0 spiro atoms. The summed E-state index contributed by atoms with van der Waals surface area (Å²) in [5, 5.41) is 62.8. The maximum atomic E-state index is 15.1. The molecule has 1 saturated heterocycles. The number of ether oxygens (including phenoxy) is 5. The van der Waals surface area contributed by atoms with E-state index in [4.69, 9.17) is 38.8 Å². The number of amides is 9. The van der Waals surface area contributed by atoms with Crippen molar-refractivity contribution in [1.29, 1.82) is 0 Å². The zero-order valence-corrected chi connectivity index (χ0v) is 63.6. The zero-order valence-electron chi connectivity index (χ0n) is 63.6. The van der Waals surface area contributed by atoms with Gasteiger partial charge in [-0.3, -0.25) is 53.0 Å². The molecule has 32 nitrogen and oxygen atoms in total. The Morgan fingerprint density at radius 3 is 2.18 bits per heavy atom. The number of aromatic nitrogens is 1. The lowest BCUT2D eigenvalue weighted by Crippen LogP contribution is -2.54. The summed E-state index contributed by atoms with van der Waals surface area (Å²) in [5.74, 6) is -11.3. The second kappa shape index (κ2) is 36.5. The van der Waals surface area contributed by atoms with Crippen molar-refractivity contribution in [3.05, 3.63) is 112 Å². The number of Topliss-reactive ketones (excluding diaryl/α,β-unsaturated/α-hetero) is 1. The van der Waals surface area contributed by atoms with Crippen molar-refractivity contribution in [3.8, 4) is 28.7 Å². The molecule has 0 unspecified atom stereocenters. The number of hydrogen-bond acceptors (Lipinski definition) is 24. The lowest BCUT2D eigenvalue weighted by atomic mass is 9.78. The molecule has 6 aliphatic rings. The highest BCUT2D eigenvalue weighted by Crippen LogP contribution is 2.51. The van der Waals surface area contributed by atoms with E-state index < -0.39 is 136 Å². The van der Waals surface area contributed by atoms with Gasteiger partial charge in [0.1, 0.15) is 58.9 Å². The Labute approximate surface area is 635 Å². The molecule has 592 valence electrons. The predicted molar refractivity (Wildman–Crippen MR) is 404 cm³/mol. The number of phenolic OH excluding ortho intramolecular Hbond substituents is 2. The SMILES string of the molecule is CO[C@H]1/C=C/O[C@@]2(C)Oc3c(C)c(O)c4c(=O)c(c5oc6cc(N7CCN(CCNC(=O)OCc8ccc(NC(=O)[C@H](CCCNC(N)=O)NC(=O)[C@@H](NC(=O)CCCCCN9C(=O)C=CC9=O)C(C)C)cc8)CC7)cc(O)c6nc-5c4c3C2=O)NC(=O)/C(C)=C\C=C\[C@H](C)[C@H](O)[C@@H](C)[C@@H](O)[C@@H](C)[C@H](OC(C)=O)[C@@H]1C. The van der Waals surface area contributed by atoms with E-state index in [0.29, 0.717) is 68.9 Å². The van der Waals surface area contributed by atoms with Crippen LogP contribution in [0.1, 0.15) is 122 Å². The molecule has 3 aromatic carbocycles. The standard InChI is InChI=1S/C78H99N11O21/c1-40(2)61(84-55(92)20-13-12-14-30-89-56(93)25-26-57(89)94)75(102)83-51(19-16-28-80-76(79)103)74(101)82-49-23-21-48(22-24-49)39-106-77(104)81-29-31-87-32-34-88(35-33-87)50-37-52(91)62-54(38-50)109-71-63(85-62)58-59-67(97)46(8)70-60(58)72(99)78(10,110-70)107-36-27-53(105-11)43(5)69(108-47(9)90)45(7)66(96)44(6)65(95)41(3)17-15-18-42(4)73(100)86-64(71)68(59)98/h15,17-18,21-27,36-38,40-41,43-45,51,53,61,65-66,69,91,95-97H,12-14,16,19-20,28-35,39H2,1-11H3,(H,81,104)(H,82,101)(H,83,102)(H,84,92)(H,86,100)(H3,79,80,103)/b17-15+,36-27+,42-18-/t41-,43+,44+,45+,51-,53-,61-,65-,66+,69+,78-/m0/s1. The van der Waals surface area contributed by atoms with Crippen molar-refractivity contribution < 1.29 is 96.5 Å². The lowest BCUT2D eigenvalue weighted by molar-refractivity contribution is -0.160. The van der Waals surface area contributed by atoms with Crippen molar-refractivity contribution >= 4 is 98.3 Å². The highest BCUT2D eigenvalue weighted by atomic mass is 16.7. The summed E-state index contributed by atoms with van der Waals surface area (Å²) in [6.45, 7) is 18.6. The van der Waals surface area contributed by atoms with Gasteiger partial charge in [0.25, 0.3) is 23.5 Å². The number of imide groups is 1. The fourth-order valence-electron chi connectivity index (χ4n) is 13.9. The largest absolute Gasteiger partial charge is 0.507 e. The Balaban J connectivity index is 0.848. The third-order valence-corrected chi connectivity index (χ3v) is 20.5. The van der Waals surface area contributed by atoms with Gasteiger partial charge in [-0.25, -0.2) is 14.6 Å². The number of rotatable bonds is 24. The first-order valence-electron chi connectivity index (χ1n) is 36.8.